The van der Waals surface area contributed by atoms with Crippen LogP contribution in [-0.4, -0.2) is 44.2 Å². The van der Waals surface area contributed by atoms with E-state index in [0.29, 0.717) is 0 Å². The molecule has 82 valence electrons. The molecule has 2 fully saturated rings. The number of carbonyl (C=O) groups is 1. The molecule has 0 aromatic rings. The lowest BCUT2D eigenvalue weighted by atomic mass is 9.81. The molecule has 0 spiro atoms. The van der Waals surface area contributed by atoms with E-state index in [1.807, 2.05) is 0 Å². The van der Waals surface area contributed by atoms with Gasteiger partial charge < -0.3 is 33.2 Å². The molecule has 0 amide bonds. The molecule has 2 bridgehead atoms. The van der Waals surface area contributed by atoms with Gasteiger partial charge in [0.05, 0.1) is 33.8 Å². The van der Waals surface area contributed by atoms with Gasteiger partial charge in [-0.15, -0.1) is 0 Å². The van der Waals surface area contributed by atoms with Crippen molar-refractivity contribution in [1.29, 1.82) is 0 Å². The summed E-state index contributed by atoms with van der Waals surface area (Å²) in [6, 6.07) is 0. The quantitative estimate of drug-likeness (QED) is 0.312. The van der Waals surface area contributed by atoms with Crippen LogP contribution in [0.3, 0.4) is 0 Å². The number of hydrogen-bond acceptors (Lipinski definition) is 2. The Morgan fingerprint density at radius 3 is 2.71 bits per heavy atom. The number of fused-ring (bicyclic) bond motifs is 2. The van der Waals surface area contributed by atoms with Crippen LogP contribution in [-0.2, 0) is 9.53 Å². The minimum Gasteiger partial charge on any atom is -1.00 e. The second kappa shape index (κ2) is 3.96. The molecule has 14 heavy (non-hydrogen) atoms. The summed E-state index contributed by atoms with van der Waals surface area (Å²) in [6.07, 6.45) is 3.23. The smallest absolute Gasteiger partial charge is 0.317 e. The van der Waals surface area contributed by atoms with E-state index < -0.39 is 0 Å². The first kappa shape index (κ1) is 12.2. The average molecular weight is 311 g/mol. The van der Waals surface area contributed by atoms with Crippen LogP contribution in [0.5, 0.6) is 0 Å². The molecule has 2 saturated heterocycles. The normalized spacial score (nSPS) is 40.1. The summed E-state index contributed by atoms with van der Waals surface area (Å²) >= 11 is 0. The number of rotatable bonds is 1. The molecule has 0 saturated carbocycles. The fraction of sp³-hybridized carbons (Fsp3) is 0.900. The molecular formula is C10H18INO2. The van der Waals surface area contributed by atoms with Gasteiger partial charge in [-0.3, -0.25) is 4.79 Å². The van der Waals surface area contributed by atoms with Crippen LogP contribution >= 0.6 is 0 Å². The van der Waals surface area contributed by atoms with Gasteiger partial charge in [-0.1, -0.05) is 0 Å². The van der Waals surface area contributed by atoms with E-state index in [0.717, 1.165) is 30.4 Å². The lowest BCUT2D eigenvalue weighted by Crippen LogP contribution is -3.00. The third kappa shape index (κ3) is 1.78. The number of halogens is 1. The SMILES string of the molecule is COC(=O)C12CCC[N+](C)(CC1)C2.[I-]. The van der Waals surface area contributed by atoms with Crippen molar-refractivity contribution >= 4 is 5.97 Å². The van der Waals surface area contributed by atoms with Gasteiger partial charge in [-0.2, -0.15) is 0 Å². The second-order valence-electron chi connectivity index (χ2n) is 4.85. The summed E-state index contributed by atoms with van der Waals surface area (Å²) in [7, 11) is 3.76. The highest BCUT2D eigenvalue weighted by Crippen LogP contribution is 2.43. The summed E-state index contributed by atoms with van der Waals surface area (Å²) in [5.74, 6) is 0.0223. The topological polar surface area (TPSA) is 26.3 Å². The van der Waals surface area contributed by atoms with Crippen molar-refractivity contribution in [1.82, 2.24) is 0 Å². The highest BCUT2D eigenvalue weighted by Gasteiger charge is 2.54. The van der Waals surface area contributed by atoms with Gasteiger partial charge in [0, 0.05) is 6.42 Å². The third-order valence-electron chi connectivity index (χ3n) is 3.79. The number of nitrogens with zero attached hydrogens (tertiary/aromatic N) is 1. The highest BCUT2D eigenvalue weighted by atomic mass is 127. The molecule has 0 radical (unpaired) electrons. The van der Waals surface area contributed by atoms with E-state index in [9.17, 15) is 4.79 Å². The van der Waals surface area contributed by atoms with Crippen molar-refractivity contribution in [2.75, 3.05) is 33.8 Å². The van der Waals surface area contributed by atoms with Gasteiger partial charge in [0.2, 0.25) is 0 Å². The van der Waals surface area contributed by atoms with Crippen LogP contribution in [0.15, 0.2) is 0 Å². The van der Waals surface area contributed by atoms with E-state index in [4.69, 9.17) is 4.74 Å². The van der Waals surface area contributed by atoms with Crippen LogP contribution in [0.25, 0.3) is 0 Å². The predicted octanol–water partition coefficient (Wildman–Crippen LogP) is -2.21. The fourth-order valence-electron chi connectivity index (χ4n) is 3.05. The maximum absolute atomic E-state index is 11.7. The summed E-state index contributed by atoms with van der Waals surface area (Å²) in [5, 5.41) is 0. The molecule has 0 aromatic carbocycles. The molecule has 0 aromatic heterocycles. The molecule has 2 atom stereocenters. The van der Waals surface area contributed by atoms with Gasteiger partial charge in [-0.05, 0) is 12.8 Å². The lowest BCUT2D eigenvalue weighted by molar-refractivity contribution is -0.903. The van der Waals surface area contributed by atoms with E-state index in [1.54, 1.807) is 0 Å². The first-order valence-corrected chi connectivity index (χ1v) is 5.02. The summed E-state index contributed by atoms with van der Waals surface area (Å²) < 4.78 is 5.99. The second-order valence-corrected chi connectivity index (χ2v) is 4.85. The first-order valence-electron chi connectivity index (χ1n) is 5.02. The van der Waals surface area contributed by atoms with Crippen LogP contribution in [0.2, 0.25) is 0 Å². The Bertz CT molecular complexity index is 246. The Kier molecular flexibility index (Phi) is 3.46. The minimum atomic E-state index is -0.123. The number of methoxy groups -OCH3 is 1. The van der Waals surface area contributed by atoms with Gasteiger partial charge in [0.1, 0.15) is 5.41 Å². The van der Waals surface area contributed by atoms with E-state index in [1.165, 1.54) is 20.1 Å². The molecule has 2 aliphatic heterocycles. The molecule has 2 aliphatic rings. The minimum absolute atomic E-state index is 0. The Morgan fingerprint density at radius 1 is 1.36 bits per heavy atom. The van der Waals surface area contributed by atoms with Crippen LogP contribution in [0, 0.1) is 5.41 Å². The zero-order valence-corrected chi connectivity index (χ0v) is 11.0. The first-order chi connectivity index (χ1) is 6.10. The van der Waals surface area contributed by atoms with Gasteiger partial charge in [0.15, 0.2) is 0 Å². The van der Waals surface area contributed by atoms with Crippen molar-refractivity contribution < 1.29 is 38.0 Å². The predicted molar refractivity (Wildman–Crippen MR) is 49.1 cm³/mol. The molecule has 0 aliphatic carbocycles. The maximum atomic E-state index is 11.7. The Hall–Kier alpha value is 0.160. The van der Waals surface area contributed by atoms with Crippen molar-refractivity contribution in [2.24, 2.45) is 5.41 Å². The highest BCUT2D eigenvalue weighted by molar-refractivity contribution is 5.77. The molecule has 3 nitrogen and oxygen atoms in total. The number of carbonyl (C=O) groups excluding carboxylic acids is 1. The molecule has 2 unspecified atom stereocenters. The van der Waals surface area contributed by atoms with E-state index in [2.05, 4.69) is 7.05 Å². The van der Waals surface area contributed by atoms with Crippen molar-refractivity contribution in [3.05, 3.63) is 0 Å². The zero-order valence-electron chi connectivity index (χ0n) is 8.88. The van der Waals surface area contributed by atoms with Gasteiger partial charge in [0.25, 0.3) is 0 Å². The molecule has 4 heteroatoms. The standard InChI is InChI=1S/C10H18NO2.HI/c1-11-6-3-4-10(8-11,5-7-11)9(12)13-2;/h3-8H2,1-2H3;1H/q+1;/p-1. The van der Waals surface area contributed by atoms with E-state index >= 15 is 0 Å². The number of ether oxygens (including phenoxy) is 1. The van der Waals surface area contributed by atoms with Crippen LogP contribution in [0.1, 0.15) is 19.3 Å². The summed E-state index contributed by atoms with van der Waals surface area (Å²) in [5.41, 5.74) is -0.123. The lowest BCUT2D eigenvalue weighted by Gasteiger charge is -2.36. The molecule has 2 heterocycles. The number of hydrogen-bond donors (Lipinski definition) is 0. The number of piperidine rings is 1. The van der Waals surface area contributed by atoms with Crippen molar-refractivity contribution in [2.45, 2.75) is 19.3 Å². The molecule has 2 rings (SSSR count). The summed E-state index contributed by atoms with van der Waals surface area (Å²) in [4.78, 5) is 11.7. The zero-order chi connectivity index (χ0) is 9.53. The van der Waals surface area contributed by atoms with Gasteiger partial charge >= 0.3 is 5.97 Å². The van der Waals surface area contributed by atoms with Crippen LogP contribution in [0.4, 0.5) is 0 Å². The Balaban J connectivity index is 0.000000980. The maximum Gasteiger partial charge on any atom is 0.317 e. The number of quaternary nitrogens is 1. The third-order valence-corrected chi connectivity index (χ3v) is 3.79. The molecule has 0 N–H and O–H groups in total. The molecular weight excluding hydrogens is 293 g/mol. The average Bonchev–Trinajstić information content (AvgIpc) is 2.37. The Morgan fingerprint density at radius 2 is 2.07 bits per heavy atom. The van der Waals surface area contributed by atoms with Crippen molar-refractivity contribution in [3.63, 3.8) is 0 Å². The van der Waals surface area contributed by atoms with Gasteiger partial charge in [-0.25, -0.2) is 0 Å². The van der Waals surface area contributed by atoms with Crippen molar-refractivity contribution in [3.8, 4) is 0 Å². The summed E-state index contributed by atoms with van der Waals surface area (Å²) in [6.45, 7) is 3.38. The van der Waals surface area contributed by atoms with E-state index in [-0.39, 0.29) is 35.4 Å². The Labute approximate surface area is 102 Å². The fourth-order valence-corrected chi connectivity index (χ4v) is 3.05. The number of esters is 1. The van der Waals surface area contributed by atoms with Crippen LogP contribution < -0.4 is 24.0 Å². The largest absolute Gasteiger partial charge is 1.00 e. The monoisotopic (exact) mass is 311 g/mol.